The van der Waals surface area contributed by atoms with Crippen molar-refractivity contribution in [3.63, 3.8) is 0 Å². The predicted octanol–water partition coefficient (Wildman–Crippen LogP) is 4.45. The van der Waals surface area contributed by atoms with Gasteiger partial charge in [0.05, 0.1) is 0 Å². The quantitative estimate of drug-likeness (QED) is 0.618. The van der Waals surface area contributed by atoms with Crippen LogP contribution in [-0.2, 0) is 5.75 Å². The highest BCUT2D eigenvalue weighted by Crippen LogP contribution is 2.23. The standard InChI is InChI=1S/C12H18BrNS/c1-2-3-4-7-15-9-10-5-6-11(13)8-12(10)14/h5-6,8H,2-4,7,9,14H2,1H3. The van der Waals surface area contributed by atoms with Crippen LogP contribution in [0.1, 0.15) is 31.7 Å². The number of benzene rings is 1. The van der Waals surface area contributed by atoms with Crippen LogP contribution in [0.4, 0.5) is 5.69 Å². The van der Waals surface area contributed by atoms with Gasteiger partial charge in [0.15, 0.2) is 0 Å². The molecule has 0 atom stereocenters. The molecule has 2 N–H and O–H groups in total. The molecule has 1 rings (SSSR count). The lowest BCUT2D eigenvalue weighted by molar-refractivity contribution is 0.778. The van der Waals surface area contributed by atoms with Gasteiger partial charge in [0.1, 0.15) is 0 Å². The minimum absolute atomic E-state index is 0.896. The monoisotopic (exact) mass is 287 g/mol. The van der Waals surface area contributed by atoms with E-state index in [0.29, 0.717) is 0 Å². The van der Waals surface area contributed by atoms with Crippen LogP contribution in [0.15, 0.2) is 22.7 Å². The Morgan fingerprint density at radius 2 is 2.13 bits per heavy atom. The van der Waals surface area contributed by atoms with E-state index in [1.807, 2.05) is 17.8 Å². The van der Waals surface area contributed by atoms with Crippen molar-refractivity contribution in [2.45, 2.75) is 31.9 Å². The second kappa shape index (κ2) is 7.18. The molecule has 0 saturated heterocycles. The molecule has 1 nitrogen and oxygen atoms in total. The number of anilines is 1. The summed E-state index contributed by atoms with van der Waals surface area (Å²) in [5, 5.41) is 0. The fourth-order valence-electron chi connectivity index (χ4n) is 1.33. The van der Waals surface area contributed by atoms with E-state index < -0.39 is 0 Å². The van der Waals surface area contributed by atoms with Crippen LogP contribution < -0.4 is 5.73 Å². The van der Waals surface area contributed by atoms with Gasteiger partial charge in [0.25, 0.3) is 0 Å². The molecule has 1 aromatic carbocycles. The van der Waals surface area contributed by atoms with Crippen LogP contribution in [-0.4, -0.2) is 5.75 Å². The number of hydrogen-bond donors (Lipinski definition) is 1. The second-order valence-electron chi connectivity index (χ2n) is 3.60. The van der Waals surface area contributed by atoms with Crippen molar-refractivity contribution in [2.24, 2.45) is 0 Å². The first-order valence-corrected chi connectivity index (χ1v) is 7.30. The first kappa shape index (κ1) is 12.9. The summed E-state index contributed by atoms with van der Waals surface area (Å²) < 4.78 is 1.06. The Hall–Kier alpha value is -0.150. The number of rotatable bonds is 6. The van der Waals surface area contributed by atoms with E-state index >= 15 is 0 Å². The molecule has 0 unspecified atom stereocenters. The Kier molecular flexibility index (Phi) is 6.18. The highest BCUT2D eigenvalue weighted by molar-refractivity contribution is 9.10. The molecule has 0 spiro atoms. The molecule has 0 bridgehead atoms. The Labute approximate surface area is 105 Å². The van der Waals surface area contributed by atoms with Gasteiger partial charge in [-0.05, 0) is 29.9 Å². The van der Waals surface area contributed by atoms with E-state index in [4.69, 9.17) is 5.73 Å². The molecule has 0 fully saturated rings. The van der Waals surface area contributed by atoms with Gasteiger partial charge >= 0.3 is 0 Å². The molecule has 0 heterocycles. The lowest BCUT2D eigenvalue weighted by Gasteiger charge is -2.05. The van der Waals surface area contributed by atoms with E-state index in [0.717, 1.165) is 15.9 Å². The molecule has 0 radical (unpaired) electrons. The van der Waals surface area contributed by atoms with E-state index in [1.165, 1.54) is 30.6 Å². The molecule has 0 aliphatic rings. The summed E-state index contributed by atoms with van der Waals surface area (Å²) in [7, 11) is 0. The molecular weight excluding hydrogens is 270 g/mol. The van der Waals surface area contributed by atoms with Crippen molar-refractivity contribution in [1.29, 1.82) is 0 Å². The minimum Gasteiger partial charge on any atom is -0.398 e. The van der Waals surface area contributed by atoms with Crippen molar-refractivity contribution in [2.75, 3.05) is 11.5 Å². The largest absolute Gasteiger partial charge is 0.398 e. The third kappa shape index (κ3) is 4.94. The van der Waals surface area contributed by atoms with Gasteiger partial charge in [-0.3, -0.25) is 0 Å². The maximum atomic E-state index is 5.92. The van der Waals surface area contributed by atoms with Gasteiger partial charge in [0, 0.05) is 15.9 Å². The average Bonchev–Trinajstić information content (AvgIpc) is 2.20. The van der Waals surface area contributed by atoms with Gasteiger partial charge in [-0.15, -0.1) is 0 Å². The lowest BCUT2D eigenvalue weighted by Crippen LogP contribution is -1.93. The zero-order valence-electron chi connectivity index (χ0n) is 9.13. The fraction of sp³-hybridized carbons (Fsp3) is 0.500. The number of hydrogen-bond acceptors (Lipinski definition) is 2. The van der Waals surface area contributed by atoms with Gasteiger partial charge < -0.3 is 5.73 Å². The summed E-state index contributed by atoms with van der Waals surface area (Å²) in [5.41, 5.74) is 8.06. The summed E-state index contributed by atoms with van der Waals surface area (Å²) in [6, 6.07) is 6.13. The number of nitrogen functional groups attached to an aromatic ring is 1. The average molecular weight is 288 g/mol. The van der Waals surface area contributed by atoms with E-state index in [-0.39, 0.29) is 0 Å². The van der Waals surface area contributed by atoms with Crippen LogP contribution in [0.2, 0.25) is 0 Å². The molecule has 1 aromatic rings. The Morgan fingerprint density at radius 1 is 1.33 bits per heavy atom. The fourth-order valence-corrected chi connectivity index (χ4v) is 2.75. The maximum Gasteiger partial charge on any atom is 0.0366 e. The summed E-state index contributed by atoms with van der Waals surface area (Å²) in [6.07, 6.45) is 3.95. The molecule has 0 aliphatic heterocycles. The highest BCUT2D eigenvalue weighted by atomic mass is 79.9. The summed E-state index contributed by atoms with van der Waals surface area (Å²) in [5.74, 6) is 2.27. The van der Waals surface area contributed by atoms with Gasteiger partial charge in [-0.1, -0.05) is 41.8 Å². The molecule has 84 valence electrons. The third-order valence-corrected chi connectivity index (χ3v) is 3.84. The maximum absolute atomic E-state index is 5.92. The Balaban J connectivity index is 2.31. The van der Waals surface area contributed by atoms with Crippen LogP contribution in [0.25, 0.3) is 0 Å². The van der Waals surface area contributed by atoms with Crippen molar-refractivity contribution in [3.8, 4) is 0 Å². The summed E-state index contributed by atoms with van der Waals surface area (Å²) >= 11 is 5.38. The first-order valence-electron chi connectivity index (χ1n) is 5.35. The molecule has 0 aromatic heterocycles. The SMILES string of the molecule is CCCCCSCc1ccc(Br)cc1N. The topological polar surface area (TPSA) is 26.0 Å². The van der Waals surface area contributed by atoms with E-state index in [2.05, 4.69) is 35.0 Å². The number of halogens is 1. The third-order valence-electron chi connectivity index (χ3n) is 2.26. The number of unbranched alkanes of at least 4 members (excludes halogenated alkanes) is 2. The van der Waals surface area contributed by atoms with Crippen LogP contribution >= 0.6 is 27.7 Å². The van der Waals surface area contributed by atoms with E-state index in [1.54, 1.807) is 0 Å². The number of nitrogens with two attached hydrogens (primary N) is 1. The Bertz CT molecular complexity index is 302. The molecule has 0 saturated carbocycles. The van der Waals surface area contributed by atoms with Crippen LogP contribution in [0.5, 0.6) is 0 Å². The lowest BCUT2D eigenvalue weighted by atomic mass is 10.2. The first-order chi connectivity index (χ1) is 7.24. The molecular formula is C12H18BrNS. The van der Waals surface area contributed by atoms with E-state index in [9.17, 15) is 0 Å². The van der Waals surface area contributed by atoms with Crippen molar-refractivity contribution >= 4 is 33.4 Å². The molecule has 0 aliphatic carbocycles. The normalized spacial score (nSPS) is 10.5. The van der Waals surface area contributed by atoms with Crippen LogP contribution in [0.3, 0.4) is 0 Å². The minimum atomic E-state index is 0.896. The molecule has 0 amide bonds. The summed E-state index contributed by atoms with van der Waals surface area (Å²) in [4.78, 5) is 0. The number of thioether (sulfide) groups is 1. The van der Waals surface area contributed by atoms with Crippen molar-refractivity contribution in [3.05, 3.63) is 28.2 Å². The van der Waals surface area contributed by atoms with Gasteiger partial charge in [-0.25, -0.2) is 0 Å². The highest BCUT2D eigenvalue weighted by Gasteiger charge is 1.99. The Morgan fingerprint density at radius 3 is 2.80 bits per heavy atom. The van der Waals surface area contributed by atoms with Gasteiger partial charge in [0.2, 0.25) is 0 Å². The van der Waals surface area contributed by atoms with Crippen molar-refractivity contribution in [1.82, 2.24) is 0 Å². The molecule has 15 heavy (non-hydrogen) atoms. The smallest absolute Gasteiger partial charge is 0.0366 e. The molecule has 3 heteroatoms. The zero-order chi connectivity index (χ0) is 11.1. The summed E-state index contributed by atoms with van der Waals surface area (Å²) in [6.45, 7) is 2.23. The predicted molar refractivity (Wildman–Crippen MR) is 74.2 cm³/mol. The zero-order valence-corrected chi connectivity index (χ0v) is 11.5. The van der Waals surface area contributed by atoms with Crippen LogP contribution in [0, 0.1) is 0 Å². The second-order valence-corrected chi connectivity index (χ2v) is 5.62. The van der Waals surface area contributed by atoms with Gasteiger partial charge in [-0.2, -0.15) is 11.8 Å². The van der Waals surface area contributed by atoms with Crippen molar-refractivity contribution < 1.29 is 0 Å².